The minimum absolute atomic E-state index is 0.0235. The molecule has 0 aromatic heterocycles. The van der Waals surface area contributed by atoms with Crippen molar-refractivity contribution in [2.24, 2.45) is 0 Å². The van der Waals surface area contributed by atoms with Crippen molar-refractivity contribution in [1.29, 1.82) is 0 Å². The fourth-order valence-electron chi connectivity index (χ4n) is 1.55. The Balaban J connectivity index is 3.02. The number of rotatable bonds is 4. The highest BCUT2D eigenvalue weighted by molar-refractivity contribution is 5.98. The van der Waals surface area contributed by atoms with Crippen molar-refractivity contribution in [3.8, 4) is 11.5 Å². The van der Waals surface area contributed by atoms with E-state index in [4.69, 9.17) is 0 Å². The maximum atomic E-state index is 12.2. The zero-order valence-corrected chi connectivity index (χ0v) is 11.1. The zero-order valence-electron chi connectivity index (χ0n) is 11.1. The molecule has 0 unspecified atom stereocenters. The Labute approximate surface area is 111 Å². The van der Waals surface area contributed by atoms with Crippen LogP contribution in [0.2, 0.25) is 0 Å². The van der Waals surface area contributed by atoms with Gasteiger partial charge in [-0.15, -0.1) is 0 Å². The standard InChI is InChI=1S/C13H17NO5/c1-8(2)14(7-12(17)19-3)13(18)10-5-4-9(15)6-11(10)16/h4-6,8,15-16H,7H2,1-3H3. The number of phenols is 2. The summed E-state index contributed by atoms with van der Waals surface area (Å²) in [6.45, 7) is 3.30. The predicted octanol–water partition coefficient (Wildman–Crippen LogP) is 1.12. The van der Waals surface area contributed by atoms with Gasteiger partial charge < -0.3 is 19.8 Å². The number of hydrogen-bond donors (Lipinski definition) is 2. The van der Waals surface area contributed by atoms with Gasteiger partial charge in [-0.3, -0.25) is 9.59 Å². The molecule has 19 heavy (non-hydrogen) atoms. The zero-order chi connectivity index (χ0) is 14.6. The van der Waals surface area contributed by atoms with Gasteiger partial charge in [-0.25, -0.2) is 0 Å². The topological polar surface area (TPSA) is 87.1 Å². The Kier molecular flexibility index (Phi) is 4.74. The quantitative estimate of drug-likeness (QED) is 0.798. The van der Waals surface area contributed by atoms with Crippen molar-refractivity contribution in [2.75, 3.05) is 13.7 Å². The third-order valence-corrected chi connectivity index (χ3v) is 2.62. The Morgan fingerprint density at radius 1 is 1.32 bits per heavy atom. The number of esters is 1. The summed E-state index contributed by atoms with van der Waals surface area (Å²) < 4.78 is 4.53. The molecule has 0 heterocycles. The molecule has 0 saturated carbocycles. The molecule has 6 nitrogen and oxygen atoms in total. The van der Waals surface area contributed by atoms with Crippen LogP contribution in [0.15, 0.2) is 18.2 Å². The van der Waals surface area contributed by atoms with E-state index in [0.717, 1.165) is 6.07 Å². The first-order chi connectivity index (χ1) is 8.86. The van der Waals surface area contributed by atoms with Gasteiger partial charge in [0, 0.05) is 12.1 Å². The molecule has 0 bridgehead atoms. The van der Waals surface area contributed by atoms with Crippen molar-refractivity contribution in [1.82, 2.24) is 4.90 Å². The maximum absolute atomic E-state index is 12.2. The molecule has 6 heteroatoms. The fourth-order valence-corrected chi connectivity index (χ4v) is 1.55. The SMILES string of the molecule is COC(=O)CN(C(=O)c1ccc(O)cc1O)C(C)C. The highest BCUT2D eigenvalue weighted by Crippen LogP contribution is 2.24. The Hall–Kier alpha value is -2.24. The molecule has 0 radical (unpaired) electrons. The summed E-state index contributed by atoms with van der Waals surface area (Å²) in [6, 6.07) is 3.44. The van der Waals surface area contributed by atoms with Crippen molar-refractivity contribution in [3.63, 3.8) is 0 Å². The lowest BCUT2D eigenvalue weighted by atomic mass is 10.1. The van der Waals surface area contributed by atoms with E-state index >= 15 is 0 Å². The minimum Gasteiger partial charge on any atom is -0.508 e. The fraction of sp³-hybridized carbons (Fsp3) is 0.385. The molecule has 104 valence electrons. The lowest BCUT2D eigenvalue weighted by Gasteiger charge is -2.25. The van der Waals surface area contributed by atoms with Crippen LogP contribution in [0.3, 0.4) is 0 Å². The first-order valence-electron chi connectivity index (χ1n) is 5.76. The number of benzene rings is 1. The first kappa shape index (κ1) is 14.8. The van der Waals surface area contributed by atoms with E-state index in [1.807, 2.05) is 0 Å². The molecule has 0 spiro atoms. The molecule has 0 aliphatic carbocycles. The van der Waals surface area contributed by atoms with Gasteiger partial charge >= 0.3 is 5.97 Å². The summed E-state index contributed by atoms with van der Waals surface area (Å²) >= 11 is 0. The van der Waals surface area contributed by atoms with Crippen LogP contribution in [0, 0.1) is 0 Å². The van der Waals surface area contributed by atoms with Gasteiger partial charge in [0.25, 0.3) is 5.91 Å². The summed E-state index contributed by atoms with van der Waals surface area (Å²) in [5, 5.41) is 18.9. The van der Waals surface area contributed by atoms with E-state index in [1.54, 1.807) is 13.8 Å². The van der Waals surface area contributed by atoms with Gasteiger partial charge in [-0.2, -0.15) is 0 Å². The van der Waals surface area contributed by atoms with E-state index in [-0.39, 0.29) is 29.6 Å². The predicted molar refractivity (Wildman–Crippen MR) is 68.0 cm³/mol. The minimum atomic E-state index is -0.541. The van der Waals surface area contributed by atoms with Crippen LogP contribution in [-0.4, -0.2) is 46.7 Å². The second-order valence-corrected chi connectivity index (χ2v) is 4.30. The highest BCUT2D eigenvalue weighted by atomic mass is 16.5. The molecular formula is C13H17NO5. The monoisotopic (exact) mass is 267 g/mol. The van der Waals surface area contributed by atoms with Gasteiger partial charge in [0.15, 0.2) is 0 Å². The number of aromatic hydroxyl groups is 2. The van der Waals surface area contributed by atoms with E-state index in [0.29, 0.717) is 0 Å². The summed E-state index contributed by atoms with van der Waals surface area (Å²) in [6.07, 6.45) is 0. The molecular weight excluding hydrogens is 250 g/mol. The molecule has 1 aromatic rings. The Morgan fingerprint density at radius 2 is 1.95 bits per heavy atom. The Bertz CT molecular complexity index is 484. The molecule has 2 N–H and O–H groups in total. The smallest absolute Gasteiger partial charge is 0.325 e. The Morgan fingerprint density at radius 3 is 2.42 bits per heavy atom. The van der Waals surface area contributed by atoms with E-state index in [1.165, 1.54) is 24.1 Å². The van der Waals surface area contributed by atoms with Crippen LogP contribution in [0.1, 0.15) is 24.2 Å². The summed E-state index contributed by atoms with van der Waals surface area (Å²) in [4.78, 5) is 24.8. The number of amides is 1. The van der Waals surface area contributed by atoms with Gasteiger partial charge in [0.1, 0.15) is 18.0 Å². The highest BCUT2D eigenvalue weighted by Gasteiger charge is 2.24. The number of carbonyl (C=O) groups is 2. The largest absolute Gasteiger partial charge is 0.508 e. The van der Waals surface area contributed by atoms with E-state index in [2.05, 4.69) is 4.74 Å². The number of phenolic OH excluding ortho intramolecular Hbond substituents is 2. The summed E-state index contributed by atoms with van der Waals surface area (Å²) in [7, 11) is 1.24. The van der Waals surface area contributed by atoms with Crippen LogP contribution in [0.4, 0.5) is 0 Å². The van der Waals surface area contributed by atoms with Crippen LogP contribution in [0.25, 0.3) is 0 Å². The first-order valence-corrected chi connectivity index (χ1v) is 5.76. The normalized spacial score (nSPS) is 10.3. The third-order valence-electron chi connectivity index (χ3n) is 2.62. The van der Waals surface area contributed by atoms with Crippen LogP contribution in [0.5, 0.6) is 11.5 Å². The maximum Gasteiger partial charge on any atom is 0.325 e. The number of ether oxygens (including phenoxy) is 1. The molecule has 0 atom stereocenters. The average Bonchev–Trinajstić information content (AvgIpc) is 2.34. The second-order valence-electron chi connectivity index (χ2n) is 4.30. The molecule has 0 aliphatic rings. The molecule has 0 fully saturated rings. The molecule has 0 saturated heterocycles. The van der Waals surface area contributed by atoms with Crippen molar-refractivity contribution < 1.29 is 24.5 Å². The molecule has 0 aliphatic heterocycles. The number of hydrogen-bond acceptors (Lipinski definition) is 5. The van der Waals surface area contributed by atoms with E-state index < -0.39 is 11.9 Å². The number of carbonyl (C=O) groups excluding carboxylic acids is 2. The molecule has 1 aromatic carbocycles. The van der Waals surface area contributed by atoms with Crippen molar-refractivity contribution >= 4 is 11.9 Å². The summed E-state index contributed by atoms with van der Waals surface area (Å²) in [5.74, 6) is -1.52. The van der Waals surface area contributed by atoms with E-state index in [9.17, 15) is 19.8 Å². The third kappa shape index (κ3) is 3.61. The molecule has 1 amide bonds. The van der Waals surface area contributed by atoms with Crippen molar-refractivity contribution in [3.05, 3.63) is 23.8 Å². The van der Waals surface area contributed by atoms with Gasteiger partial charge in [0.05, 0.1) is 12.7 Å². The van der Waals surface area contributed by atoms with Gasteiger partial charge in [0.2, 0.25) is 0 Å². The lowest BCUT2D eigenvalue weighted by molar-refractivity contribution is -0.141. The van der Waals surface area contributed by atoms with Gasteiger partial charge in [-0.05, 0) is 26.0 Å². The van der Waals surface area contributed by atoms with Crippen molar-refractivity contribution in [2.45, 2.75) is 19.9 Å². The lowest BCUT2D eigenvalue weighted by Crippen LogP contribution is -2.41. The van der Waals surface area contributed by atoms with Crippen LogP contribution >= 0.6 is 0 Å². The number of nitrogens with zero attached hydrogens (tertiary/aromatic N) is 1. The second kappa shape index (κ2) is 6.08. The average molecular weight is 267 g/mol. The van der Waals surface area contributed by atoms with Gasteiger partial charge in [-0.1, -0.05) is 0 Å². The molecule has 1 rings (SSSR count). The number of methoxy groups -OCH3 is 1. The van der Waals surface area contributed by atoms with Crippen LogP contribution < -0.4 is 0 Å². The summed E-state index contributed by atoms with van der Waals surface area (Å²) in [5.41, 5.74) is 0.0235. The van der Waals surface area contributed by atoms with Crippen LogP contribution in [-0.2, 0) is 9.53 Å².